The van der Waals surface area contributed by atoms with E-state index in [4.69, 9.17) is 0 Å². The van der Waals surface area contributed by atoms with Gasteiger partial charge in [-0.05, 0) is 24.0 Å². The number of nitrogens with one attached hydrogen (secondary N) is 3. The Balaban J connectivity index is 1.86. The highest BCUT2D eigenvalue weighted by atomic mass is 32.2. The Bertz CT molecular complexity index is 618. The van der Waals surface area contributed by atoms with Crippen LogP contribution in [0.15, 0.2) is 29.3 Å². The van der Waals surface area contributed by atoms with Gasteiger partial charge in [-0.2, -0.15) is 11.8 Å². The molecular weight excluding hydrogens is 338 g/mol. The summed E-state index contributed by atoms with van der Waals surface area (Å²) in [6.45, 7) is 2.67. The van der Waals surface area contributed by atoms with Crippen molar-refractivity contribution < 1.29 is 9.59 Å². The SMILES string of the molecule is CN=C(NCCSC)NCc1ccc(C(=O)N2CCNC(=O)C2)cc1. The summed E-state index contributed by atoms with van der Waals surface area (Å²) >= 11 is 1.78. The Morgan fingerprint density at radius 2 is 2.08 bits per heavy atom. The van der Waals surface area contributed by atoms with Crippen LogP contribution in [-0.2, 0) is 11.3 Å². The first-order valence-corrected chi connectivity index (χ1v) is 9.62. The zero-order chi connectivity index (χ0) is 18.1. The molecular formula is C17H25N5O2S. The molecule has 25 heavy (non-hydrogen) atoms. The first-order chi connectivity index (χ1) is 12.1. The van der Waals surface area contributed by atoms with E-state index in [9.17, 15) is 9.59 Å². The van der Waals surface area contributed by atoms with Crippen molar-refractivity contribution in [2.24, 2.45) is 4.99 Å². The Labute approximate surface area is 152 Å². The molecule has 1 aliphatic heterocycles. The van der Waals surface area contributed by atoms with Crippen molar-refractivity contribution in [2.45, 2.75) is 6.54 Å². The maximum Gasteiger partial charge on any atom is 0.254 e. The van der Waals surface area contributed by atoms with E-state index in [-0.39, 0.29) is 18.4 Å². The predicted octanol–water partition coefficient (Wildman–Crippen LogP) is 0.287. The number of amides is 2. The number of benzene rings is 1. The van der Waals surface area contributed by atoms with Gasteiger partial charge >= 0.3 is 0 Å². The van der Waals surface area contributed by atoms with Gasteiger partial charge in [0.2, 0.25) is 5.91 Å². The number of carbonyl (C=O) groups is 2. The number of aliphatic imine (C=N–C) groups is 1. The van der Waals surface area contributed by atoms with Crippen molar-refractivity contribution in [3.05, 3.63) is 35.4 Å². The summed E-state index contributed by atoms with van der Waals surface area (Å²) in [6, 6.07) is 7.43. The van der Waals surface area contributed by atoms with Gasteiger partial charge in [0.1, 0.15) is 0 Å². The second kappa shape index (κ2) is 9.93. The maximum absolute atomic E-state index is 12.4. The molecule has 2 rings (SSSR count). The van der Waals surface area contributed by atoms with Crippen molar-refractivity contribution in [3.63, 3.8) is 0 Å². The molecule has 1 aromatic carbocycles. The molecule has 1 heterocycles. The number of thioether (sulfide) groups is 1. The van der Waals surface area contributed by atoms with Crippen LogP contribution in [0.25, 0.3) is 0 Å². The lowest BCUT2D eigenvalue weighted by atomic mass is 10.1. The summed E-state index contributed by atoms with van der Waals surface area (Å²) < 4.78 is 0. The number of nitrogens with zero attached hydrogens (tertiary/aromatic N) is 2. The third-order valence-electron chi connectivity index (χ3n) is 3.81. The van der Waals surface area contributed by atoms with E-state index in [1.165, 1.54) is 0 Å². The van der Waals surface area contributed by atoms with Crippen LogP contribution in [0.3, 0.4) is 0 Å². The van der Waals surface area contributed by atoms with Gasteiger partial charge in [-0.1, -0.05) is 12.1 Å². The van der Waals surface area contributed by atoms with Gasteiger partial charge in [0.05, 0.1) is 6.54 Å². The van der Waals surface area contributed by atoms with Crippen molar-refractivity contribution in [3.8, 4) is 0 Å². The fraction of sp³-hybridized carbons (Fsp3) is 0.471. The summed E-state index contributed by atoms with van der Waals surface area (Å²) in [5.74, 6) is 1.56. The van der Waals surface area contributed by atoms with Crippen molar-refractivity contribution in [2.75, 3.05) is 45.2 Å². The van der Waals surface area contributed by atoms with Gasteiger partial charge in [-0.3, -0.25) is 14.6 Å². The molecule has 0 unspecified atom stereocenters. The van der Waals surface area contributed by atoms with E-state index in [0.717, 1.165) is 23.8 Å². The van der Waals surface area contributed by atoms with E-state index in [2.05, 4.69) is 27.2 Å². The molecule has 0 spiro atoms. The second-order valence-corrected chi connectivity index (χ2v) is 6.60. The van der Waals surface area contributed by atoms with Gasteiger partial charge in [0.25, 0.3) is 5.91 Å². The van der Waals surface area contributed by atoms with Crippen LogP contribution in [0.4, 0.5) is 0 Å². The third kappa shape index (κ3) is 5.97. The summed E-state index contributed by atoms with van der Waals surface area (Å²) in [5.41, 5.74) is 1.65. The second-order valence-electron chi connectivity index (χ2n) is 5.62. The molecule has 1 fully saturated rings. The van der Waals surface area contributed by atoms with Crippen molar-refractivity contribution >= 4 is 29.5 Å². The quantitative estimate of drug-likeness (QED) is 0.384. The number of guanidine groups is 1. The van der Waals surface area contributed by atoms with E-state index in [0.29, 0.717) is 25.2 Å². The summed E-state index contributed by atoms with van der Waals surface area (Å²) in [5, 5.41) is 9.20. The van der Waals surface area contributed by atoms with E-state index < -0.39 is 0 Å². The van der Waals surface area contributed by atoms with Gasteiger partial charge in [-0.25, -0.2) is 0 Å². The van der Waals surface area contributed by atoms with Crippen LogP contribution >= 0.6 is 11.8 Å². The largest absolute Gasteiger partial charge is 0.356 e. The molecule has 3 N–H and O–H groups in total. The molecule has 0 radical (unpaired) electrons. The van der Waals surface area contributed by atoms with E-state index in [1.807, 2.05) is 12.1 Å². The van der Waals surface area contributed by atoms with Crippen LogP contribution in [0, 0.1) is 0 Å². The number of carbonyl (C=O) groups excluding carboxylic acids is 2. The molecule has 0 atom stereocenters. The fourth-order valence-electron chi connectivity index (χ4n) is 2.44. The monoisotopic (exact) mass is 363 g/mol. The Morgan fingerprint density at radius 1 is 1.32 bits per heavy atom. The van der Waals surface area contributed by atoms with Crippen LogP contribution in [0.5, 0.6) is 0 Å². The third-order valence-corrected chi connectivity index (χ3v) is 4.42. The minimum absolute atomic E-state index is 0.107. The molecule has 0 saturated carbocycles. The maximum atomic E-state index is 12.4. The first kappa shape index (κ1) is 19.1. The molecule has 1 aliphatic rings. The molecule has 0 aliphatic carbocycles. The lowest BCUT2D eigenvalue weighted by Gasteiger charge is -2.26. The van der Waals surface area contributed by atoms with Gasteiger partial charge < -0.3 is 20.9 Å². The fourth-order valence-corrected chi connectivity index (χ4v) is 2.74. The van der Waals surface area contributed by atoms with Crippen LogP contribution < -0.4 is 16.0 Å². The average molecular weight is 363 g/mol. The number of piperazine rings is 1. The zero-order valence-corrected chi connectivity index (χ0v) is 15.5. The normalized spacial score (nSPS) is 14.9. The highest BCUT2D eigenvalue weighted by Crippen LogP contribution is 2.09. The molecule has 7 nitrogen and oxygen atoms in total. The minimum Gasteiger partial charge on any atom is -0.356 e. The Morgan fingerprint density at radius 3 is 2.72 bits per heavy atom. The number of hydrogen-bond donors (Lipinski definition) is 3. The molecule has 0 bridgehead atoms. The average Bonchev–Trinajstić information content (AvgIpc) is 2.64. The van der Waals surface area contributed by atoms with Crippen LogP contribution in [-0.4, -0.2) is 67.9 Å². The topological polar surface area (TPSA) is 85.8 Å². The Hall–Kier alpha value is -2.22. The van der Waals surface area contributed by atoms with E-state index >= 15 is 0 Å². The minimum atomic E-state index is -0.110. The molecule has 136 valence electrons. The highest BCUT2D eigenvalue weighted by molar-refractivity contribution is 7.98. The van der Waals surface area contributed by atoms with Crippen LogP contribution in [0.2, 0.25) is 0 Å². The molecule has 0 aromatic heterocycles. The Kier molecular flexibility index (Phi) is 7.59. The lowest BCUT2D eigenvalue weighted by molar-refractivity contribution is -0.123. The smallest absolute Gasteiger partial charge is 0.254 e. The lowest BCUT2D eigenvalue weighted by Crippen LogP contribution is -2.49. The highest BCUT2D eigenvalue weighted by Gasteiger charge is 2.21. The van der Waals surface area contributed by atoms with Gasteiger partial charge in [0, 0.05) is 44.5 Å². The van der Waals surface area contributed by atoms with Crippen molar-refractivity contribution in [1.82, 2.24) is 20.9 Å². The van der Waals surface area contributed by atoms with Crippen LogP contribution in [0.1, 0.15) is 15.9 Å². The number of rotatable bonds is 6. The predicted molar refractivity (Wildman–Crippen MR) is 102 cm³/mol. The standard InChI is InChI=1S/C17H25N5O2S/c1-18-17(20-8-10-25-2)21-11-13-3-5-14(6-4-13)16(24)22-9-7-19-15(23)12-22/h3-6H,7-12H2,1-2H3,(H,19,23)(H2,18,20,21). The summed E-state index contributed by atoms with van der Waals surface area (Å²) in [7, 11) is 1.74. The van der Waals surface area contributed by atoms with Gasteiger partial charge in [-0.15, -0.1) is 0 Å². The summed E-state index contributed by atoms with van der Waals surface area (Å²) in [4.78, 5) is 29.6. The number of hydrogen-bond acceptors (Lipinski definition) is 4. The zero-order valence-electron chi connectivity index (χ0n) is 14.7. The van der Waals surface area contributed by atoms with E-state index in [1.54, 1.807) is 35.8 Å². The van der Waals surface area contributed by atoms with Crippen molar-refractivity contribution in [1.29, 1.82) is 0 Å². The molecule has 1 saturated heterocycles. The van der Waals surface area contributed by atoms with Gasteiger partial charge in [0.15, 0.2) is 5.96 Å². The first-order valence-electron chi connectivity index (χ1n) is 8.22. The summed E-state index contributed by atoms with van der Waals surface area (Å²) in [6.07, 6.45) is 2.07. The molecule has 1 aromatic rings. The molecule has 2 amide bonds. The molecule has 8 heteroatoms.